The van der Waals surface area contributed by atoms with Crippen LogP contribution < -0.4 is 10.1 Å². The molecular weight excluding hydrogens is 364 g/mol. The molecule has 146 valence electrons. The molecule has 0 radical (unpaired) electrons. The molecule has 0 saturated carbocycles. The van der Waals surface area contributed by atoms with Crippen LogP contribution in [0.3, 0.4) is 0 Å². The molecule has 0 saturated heterocycles. The molecule has 3 N–H and O–H groups in total. The fraction of sp³-hybridized carbons (Fsp3) is 0.125. The van der Waals surface area contributed by atoms with Crippen LogP contribution in [0.2, 0.25) is 0 Å². The fourth-order valence-corrected chi connectivity index (χ4v) is 3.54. The standard InChI is InChI=1S/C24H22N2O3/c1-29-22-12-11-18(13-17(22)15-27)26-23(16-7-3-2-4-8-16)24(28)20-14-25-21-10-6-5-9-19(20)21/h2-14,23,25-27H,15H2,1H3. The zero-order valence-electron chi connectivity index (χ0n) is 16.1. The Labute approximate surface area is 169 Å². The Morgan fingerprint density at radius 1 is 1.07 bits per heavy atom. The van der Waals surface area contributed by atoms with Crippen molar-refractivity contribution in [1.82, 2.24) is 4.98 Å². The zero-order valence-corrected chi connectivity index (χ0v) is 16.1. The normalized spacial score (nSPS) is 11.9. The van der Waals surface area contributed by atoms with E-state index in [1.54, 1.807) is 25.4 Å². The number of carbonyl (C=O) groups excluding carboxylic acids is 1. The molecule has 5 nitrogen and oxygen atoms in total. The second kappa shape index (κ2) is 8.20. The lowest BCUT2D eigenvalue weighted by molar-refractivity contribution is 0.0971. The summed E-state index contributed by atoms with van der Waals surface area (Å²) in [6.07, 6.45) is 1.76. The van der Waals surface area contributed by atoms with Gasteiger partial charge in [-0.1, -0.05) is 48.5 Å². The molecule has 0 aliphatic heterocycles. The molecule has 0 amide bonds. The summed E-state index contributed by atoms with van der Waals surface area (Å²) in [7, 11) is 1.56. The van der Waals surface area contributed by atoms with Gasteiger partial charge in [0.05, 0.1) is 13.7 Å². The first-order chi connectivity index (χ1) is 14.2. The molecule has 1 heterocycles. The lowest BCUT2D eigenvalue weighted by Gasteiger charge is -2.20. The lowest BCUT2D eigenvalue weighted by atomic mass is 9.96. The van der Waals surface area contributed by atoms with Gasteiger partial charge in [0, 0.05) is 33.9 Å². The highest BCUT2D eigenvalue weighted by Crippen LogP contribution is 2.29. The molecule has 1 unspecified atom stereocenters. The Balaban J connectivity index is 1.74. The number of fused-ring (bicyclic) bond motifs is 1. The number of aliphatic hydroxyl groups excluding tert-OH is 1. The maximum absolute atomic E-state index is 13.5. The number of nitrogens with one attached hydrogen (secondary N) is 2. The van der Waals surface area contributed by atoms with Gasteiger partial charge in [0.25, 0.3) is 0 Å². The average molecular weight is 386 g/mol. The van der Waals surface area contributed by atoms with Crippen molar-refractivity contribution in [3.05, 3.63) is 95.7 Å². The summed E-state index contributed by atoms with van der Waals surface area (Å²) in [6.45, 7) is -0.148. The van der Waals surface area contributed by atoms with Gasteiger partial charge >= 0.3 is 0 Å². The number of hydrogen-bond acceptors (Lipinski definition) is 4. The van der Waals surface area contributed by atoms with Crippen molar-refractivity contribution in [3.63, 3.8) is 0 Å². The van der Waals surface area contributed by atoms with Crippen molar-refractivity contribution in [2.75, 3.05) is 12.4 Å². The lowest BCUT2D eigenvalue weighted by Crippen LogP contribution is -2.21. The van der Waals surface area contributed by atoms with E-state index in [9.17, 15) is 9.90 Å². The maximum atomic E-state index is 13.5. The summed E-state index contributed by atoms with van der Waals surface area (Å²) in [5, 5.41) is 13.9. The van der Waals surface area contributed by atoms with Gasteiger partial charge in [-0.2, -0.15) is 0 Å². The van der Waals surface area contributed by atoms with Gasteiger partial charge in [0.1, 0.15) is 11.8 Å². The van der Waals surface area contributed by atoms with Gasteiger partial charge in [0.2, 0.25) is 0 Å². The average Bonchev–Trinajstić information content (AvgIpc) is 3.21. The van der Waals surface area contributed by atoms with Crippen LogP contribution in [-0.4, -0.2) is 23.0 Å². The number of methoxy groups -OCH3 is 1. The number of anilines is 1. The Hall–Kier alpha value is -3.57. The minimum atomic E-state index is -0.574. The van der Waals surface area contributed by atoms with E-state index in [-0.39, 0.29) is 12.4 Å². The number of ether oxygens (including phenoxy) is 1. The van der Waals surface area contributed by atoms with E-state index in [1.165, 1.54) is 0 Å². The van der Waals surface area contributed by atoms with Crippen LogP contribution in [0.1, 0.15) is 27.5 Å². The zero-order chi connectivity index (χ0) is 20.2. The van der Waals surface area contributed by atoms with Crippen molar-refractivity contribution < 1.29 is 14.6 Å². The third-order valence-corrected chi connectivity index (χ3v) is 5.01. The van der Waals surface area contributed by atoms with E-state index in [4.69, 9.17) is 4.74 Å². The fourth-order valence-electron chi connectivity index (χ4n) is 3.54. The summed E-state index contributed by atoms with van der Waals surface area (Å²) >= 11 is 0. The van der Waals surface area contributed by atoms with Crippen molar-refractivity contribution in [1.29, 1.82) is 0 Å². The minimum Gasteiger partial charge on any atom is -0.496 e. The summed E-state index contributed by atoms with van der Waals surface area (Å²) in [4.78, 5) is 16.7. The van der Waals surface area contributed by atoms with Crippen molar-refractivity contribution in [2.45, 2.75) is 12.6 Å². The first-order valence-electron chi connectivity index (χ1n) is 9.41. The second-order valence-electron chi connectivity index (χ2n) is 6.78. The number of carbonyl (C=O) groups is 1. The van der Waals surface area contributed by atoms with Crippen molar-refractivity contribution in [2.24, 2.45) is 0 Å². The molecule has 0 bridgehead atoms. The maximum Gasteiger partial charge on any atom is 0.191 e. The molecule has 1 aromatic heterocycles. The number of benzene rings is 3. The molecule has 29 heavy (non-hydrogen) atoms. The molecule has 4 rings (SSSR count). The van der Waals surface area contributed by atoms with Crippen LogP contribution in [0.15, 0.2) is 79.0 Å². The van der Waals surface area contributed by atoms with Crippen LogP contribution in [0.5, 0.6) is 5.75 Å². The van der Waals surface area contributed by atoms with Crippen LogP contribution in [-0.2, 0) is 6.61 Å². The second-order valence-corrected chi connectivity index (χ2v) is 6.78. The minimum absolute atomic E-state index is 0.0324. The SMILES string of the molecule is COc1ccc(NC(C(=O)c2c[nH]c3ccccc23)c2ccccc2)cc1CO. The molecule has 0 fully saturated rings. The molecule has 0 aliphatic carbocycles. The molecular formula is C24H22N2O3. The Kier molecular flexibility index (Phi) is 5.31. The summed E-state index contributed by atoms with van der Waals surface area (Å²) < 4.78 is 5.28. The van der Waals surface area contributed by atoms with Gasteiger partial charge in [-0.05, 0) is 29.8 Å². The highest BCUT2D eigenvalue weighted by atomic mass is 16.5. The largest absolute Gasteiger partial charge is 0.496 e. The highest BCUT2D eigenvalue weighted by Gasteiger charge is 2.24. The van der Waals surface area contributed by atoms with Crippen LogP contribution in [0, 0.1) is 0 Å². The van der Waals surface area contributed by atoms with Gasteiger partial charge in [0.15, 0.2) is 5.78 Å². The highest BCUT2D eigenvalue weighted by molar-refractivity contribution is 6.11. The van der Waals surface area contributed by atoms with Crippen LogP contribution in [0.4, 0.5) is 5.69 Å². The molecule has 0 aliphatic rings. The van der Waals surface area contributed by atoms with Crippen LogP contribution >= 0.6 is 0 Å². The van der Waals surface area contributed by atoms with Crippen LogP contribution in [0.25, 0.3) is 10.9 Å². The van der Waals surface area contributed by atoms with E-state index in [0.717, 1.165) is 22.2 Å². The molecule has 0 spiro atoms. The number of hydrogen-bond donors (Lipinski definition) is 3. The van der Waals surface area contributed by atoms with Crippen molar-refractivity contribution >= 4 is 22.4 Å². The first-order valence-corrected chi connectivity index (χ1v) is 9.41. The number of aromatic nitrogens is 1. The van der Waals surface area contributed by atoms with E-state index in [1.807, 2.05) is 60.7 Å². The Morgan fingerprint density at radius 2 is 1.83 bits per heavy atom. The number of Topliss-reactive ketones (excluding diaryl/α,β-unsaturated/α-hetero) is 1. The molecule has 3 aromatic carbocycles. The van der Waals surface area contributed by atoms with E-state index in [0.29, 0.717) is 16.9 Å². The molecule has 1 atom stereocenters. The number of aromatic amines is 1. The van der Waals surface area contributed by atoms with E-state index < -0.39 is 6.04 Å². The first kappa shape index (κ1) is 18.8. The van der Waals surface area contributed by atoms with E-state index >= 15 is 0 Å². The summed E-state index contributed by atoms with van der Waals surface area (Å²) in [5.41, 5.74) is 3.82. The third-order valence-electron chi connectivity index (χ3n) is 5.01. The molecule has 4 aromatic rings. The third kappa shape index (κ3) is 3.73. The number of H-pyrrole nitrogens is 1. The monoisotopic (exact) mass is 386 g/mol. The Morgan fingerprint density at radius 3 is 2.59 bits per heavy atom. The number of rotatable bonds is 7. The topological polar surface area (TPSA) is 74.3 Å². The summed E-state index contributed by atoms with van der Waals surface area (Å²) in [6, 6.07) is 22.2. The summed E-state index contributed by atoms with van der Waals surface area (Å²) in [5.74, 6) is 0.576. The van der Waals surface area contributed by atoms with Gasteiger partial charge in [-0.3, -0.25) is 4.79 Å². The van der Waals surface area contributed by atoms with Gasteiger partial charge < -0.3 is 20.1 Å². The van der Waals surface area contributed by atoms with Gasteiger partial charge in [-0.25, -0.2) is 0 Å². The van der Waals surface area contributed by atoms with Gasteiger partial charge in [-0.15, -0.1) is 0 Å². The number of aliphatic hydroxyl groups is 1. The van der Waals surface area contributed by atoms with E-state index in [2.05, 4.69) is 10.3 Å². The number of para-hydroxylation sites is 1. The Bertz CT molecular complexity index is 1140. The number of ketones is 1. The molecule has 5 heteroatoms. The van der Waals surface area contributed by atoms with Crippen molar-refractivity contribution in [3.8, 4) is 5.75 Å². The smallest absolute Gasteiger partial charge is 0.191 e. The predicted octanol–water partition coefficient (Wildman–Crippen LogP) is 4.70. The quantitative estimate of drug-likeness (QED) is 0.402. The predicted molar refractivity (Wildman–Crippen MR) is 114 cm³/mol.